The molecule has 0 amide bonds. The third kappa shape index (κ3) is 3.47. The van der Waals surface area contributed by atoms with Gasteiger partial charge in [0.05, 0.1) is 13.2 Å². The molecular weight excluding hydrogens is 464 g/mol. The molecule has 1 saturated heterocycles. The highest BCUT2D eigenvalue weighted by Crippen LogP contribution is 2.66. The summed E-state index contributed by atoms with van der Waals surface area (Å²) in [5.74, 6) is -2.67. The third-order valence-electron chi connectivity index (χ3n) is 5.96. The van der Waals surface area contributed by atoms with E-state index in [1.165, 1.54) is 23.5 Å². The molecule has 3 aliphatic rings. The van der Waals surface area contributed by atoms with Gasteiger partial charge in [0.25, 0.3) is 0 Å². The Bertz CT molecular complexity index is 760. The van der Waals surface area contributed by atoms with E-state index in [0.717, 1.165) is 0 Å². The summed E-state index contributed by atoms with van der Waals surface area (Å²) in [6.07, 6.45) is -5.67. The summed E-state index contributed by atoms with van der Waals surface area (Å²) in [6.45, 7) is -0.634. The number of aliphatic hydroxyl groups excluding tert-OH is 2. The van der Waals surface area contributed by atoms with E-state index < -0.39 is 42.9 Å². The zero-order valence-electron chi connectivity index (χ0n) is 14.9. The highest BCUT2D eigenvalue weighted by Gasteiger charge is 2.74. The Morgan fingerprint density at radius 3 is 2.10 bits per heavy atom. The van der Waals surface area contributed by atoms with E-state index in [1.807, 2.05) is 0 Å². The number of esters is 1. The first-order valence-electron chi connectivity index (χ1n) is 8.70. The Balaban J connectivity index is 1.89. The molecule has 2 saturated carbocycles. The van der Waals surface area contributed by atoms with Crippen molar-refractivity contribution in [2.24, 2.45) is 17.3 Å². The maximum atomic E-state index is 14.4. The average molecular weight is 485 g/mol. The molecule has 29 heavy (non-hydrogen) atoms. The molecule has 0 aromatic rings. The van der Waals surface area contributed by atoms with Crippen LogP contribution < -0.4 is 0 Å². The van der Waals surface area contributed by atoms with Crippen molar-refractivity contribution in [3.05, 3.63) is 0 Å². The van der Waals surface area contributed by atoms with Gasteiger partial charge in [-0.1, -0.05) is 0 Å². The summed E-state index contributed by atoms with van der Waals surface area (Å²) in [4.78, 5) is 12.1. The maximum Gasteiger partial charge on any atom is 0.451 e. The van der Waals surface area contributed by atoms with Gasteiger partial charge in [-0.05, 0) is 31.1 Å². The zero-order valence-corrected chi connectivity index (χ0v) is 17.3. The lowest BCUT2D eigenvalue weighted by Gasteiger charge is -2.49. The molecule has 0 aromatic heterocycles. The molecule has 0 aromatic carbocycles. The second-order valence-electron chi connectivity index (χ2n) is 7.78. The standard InChI is InChI=1S/C15H20F4O7S3/c16-14(15(17,18)19,29(23,24)25)11(22)26-10-8-1-2-9(3-8)13(10)27-6-12(4-20,5-21)7-28-13/h8-10,20-21H,1-7H2,(H,23,24,25). The fourth-order valence-corrected chi connectivity index (χ4v) is 8.91. The number of ether oxygens (including phenoxy) is 1. The predicted octanol–water partition coefficient (Wildman–Crippen LogP) is 1.59. The van der Waals surface area contributed by atoms with Crippen LogP contribution in [-0.2, 0) is 19.6 Å². The predicted molar refractivity (Wildman–Crippen MR) is 96.4 cm³/mol. The van der Waals surface area contributed by atoms with Crippen LogP contribution in [0.3, 0.4) is 0 Å². The van der Waals surface area contributed by atoms with Gasteiger partial charge >= 0.3 is 27.3 Å². The number of aliphatic hydroxyl groups is 2. The monoisotopic (exact) mass is 484 g/mol. The smallest absolute Gasteiger partial charge is 0.451 e. The van der Waals surface area contributed by atoms with Crippen LogP contribution in [0.15, 0.2) is 0 Å². The first-order chi connectivity index (χ1) is 13.3. The van der Waals surface area contributed by atoms with Crippen LogP contribution in [0, 0.1) is 17.3 Å². The van der Waals surface area contributed by atoms with Crippen molar-refractivity contribution in [2.45, 2.75) is 40.6 Å². The Labute approximate surface area is 172 Å². The van der Waals surface area contributed by atoms with E-state index in [-0.39, 0.29) is 36.6 Å². The Kier molecular flexibility index (Phi) is 5.97. The number of hydrogen-bond acceptors (Lipinski definition) is 8. The number of alkyl halides is 4. The molecule has 7 nitrogen and oxygen atoms in total. The largest absolute Gasteiger partial charge is 0.456 e. The number of hydrogen-bond donors (Lipinski definition) is 3. The highest BCUT2D eigenvalue weighted by molar-refractivity contribution is 8.19. The molecule has 0 radical (unpaired) electrons. The second kappa shape index (κ2) is 7.40. The molecule has 3 N–H and O–H groups in total. The van der Waals surface area contributed by atoms with E-state index in [1.54, 1.807) is 0 Å². The number of carbonyl (C=O) groups excluding carboxylic acids is 1. The van der Waals surface area contributed by atoms with Crippen LogP contribution in [0.25, 0.3) is 0 Å². The summed E-state index contributed by atoms with van der Waals surface area (Å²) in [6, 6.07) is 0. The summed E-state index contributed by atoms with van der Waals surface area (Å²) in [5, 5.41) is 13.5. The highest BCUT2D eigenvalue weighted by atomic mass is 32.2. The number of rotatable bonds is 5. The zero-order chi connectivity index (χ0) is 21.9. The first-order valence-corrected chi connectivity index (χ1v) is 12.1. The average Bonchev–Trinajstić information content (AvgIpc) is 3.22. The molecule has 2 aliphatic carbocycles. The number of halogens is 4. The minimum absolute atomic E-state index is 0.0682. The molecule has 4 unspecified atom stereocenters. The Morgan fingerprint density at radius 1 is 1.10 bits per heavy atom. The van der Waals surface area contributed by atoms with E-state index in [4.69, 9.17) is 9.29 Å². The Morgan fingerprint density at radius 2 is 1.66 bits per heavy atom. The summed E-state index contributed by atoms with van der Waals surface area (Å²) in [7, 11) is -6.49. The van der Waals surface area contributed by atoms with Gasteiger partial charge < -0.3 is 14.9 Å². The second-order valence-corrected chi connectivity index (χ2v) is 12.1. The molecule has 14 heteroatoms. The van der Waals surface area contributed by atoms with Crippen molar-refractivity contribution in [3.63, 3.8) is 0 Å². The van der Waals surface area contributed by atoms with Crippen molar-refractivity contribution < 1.29 is 50.3 Å². The van der Waals surface area contributed by atoms with E-state index in [9.17, 15) is 41.0 Å². The van der Waals surface area contributed by atoms with Gasteiger partial charge in [-0.25, -0.2) is 9.18 Å². The minimum Gasteiger partial charge on any atom is -0.456 e. The van der Waals surface area contributed by atoms with Crippen LogP contribution >= 0.6 is 23.5 Å². The van der Waals surface area contributed by atoms with Gasteiger partial charge in [0, 0.05) is 16.9 Å². The fourth-order valence-electron chi connectivity index (χ4n) is 4.20. The van der Waals surface area contributed by atoms with Crippen molar-refractivity contribution in [1.29, 1.82) is 0 Å². The van der Waals surface area contributed by atoms with Gasteiger partial charge in [-0.15, -0.1) is 23.5 Å². The Hall–Kier alpha value is -0.280. The minimum atomic E-state index is -6.49. The first kappa shape index (κ1) is 23.4. The lowest BCUT2D eigenvalue weighted by molar-refractivity contribution is -0.219. The number of fused-ring (bicyclic) bond motifs is 3. The van der Waals surface area contributed by atoms with Crippen molar-refractivity contribution in [2.75, 3.05) is 24.7 Å². The van der Waals surface area contributed by atoms with Gasteiger partial charge in [-0.3, -0.25) is 4.55 Å². The van der Waals surface area contributed by atoms with E-state index in [2.05, 4.69) is 0 Å². The van der Waals surface area contributed by atoms with Gasteiger partial charge in [0.15, 0.2) is 0 Å². The SMILES string of the molecule is O=C(OC1C2CCC(C2)C12SCC(CO)(CO)CS2)C(F)(C(F)(F)F)S(=O)(=O)O. The molecular formula is C15H20F4O7S3. The van der Waals surface area contributed by atoms with Gasteiger partial charge in [0.2, 0.25) is 0 Å². The van der Waals surface area contributed by atoms with Crippen LogP contribution in [-0.4, -0.2) is 75.2 Å². The lowest BCUT2D eigenvalue weighted by atomic mass is 9.95. The van der Waals surface area contributed by atoms with Crippen LogP contribution in [0.2, 0.25) is 0 Å². The van der Waals surface area contributed by atoms with Gasteiger partial charge in [-0.2, -0.15) is 21.6 Å². The summed E-state index contributed by atoms with van der Waals surface area (Å²) < 4.78 is 88.5. The summed E-state index contributed by atoms with van der Waals surface area (Å²) >= 11 is 2.44. The van der Waals surface area contributed by atoms with Crippen molar-refractivity contribution in [1.82, 2.24) is 0 Å². The van der Waals surface area contributed by atoms with E-state index >= 15 is 0 Å². The molecule has 2 bridgehead atoms. The molecule has 3 fully saturated rings. The fraction of sp³-hybridized carbons (Fsp3) is 0.933. The molecule has 168 valence electrons. The van der Waals surface area contributed by atoms with Gasteiger partial charge in [0.1, 0.15) is 10.2 Å². The van der Waals surface area contributed by atoms with Crippen LogP contribution in [0.4, 0.5) is 17.6 Å². The third-order valence-corrected chi connectivity index (χ3v) is 11.3. The quantitative estimate of drug-likeness (QED) is 0.303. The van der Waals surface area contributed by atoms with Crippen LogP contribution in [0.1, 0.15) is 19.3 Å². The molecule has 1 spiro atoms. The normalized spacial score (nSPS) is 32.9. The number of thioether (sulfide) groups is 2. The topological polar surface area (TPSA) is 121 Å². The molecule has 4 atom stereocenters. The number of carbonyl (C=O) groups is 1. The molecule has 3 rings (SSSR count). The molecule has 1 aliphatic heterocycles. The maximum absolute atomic E-state index is 14.4. The van der Waals surface area contributed by atoms with Crippen molar-refractivity contribution in [3.8, 4) is 0 Å². The van der Waals surface area contributed by atoms with Crippen molar-refractivity contribution >= 4 is 39.6 Å². The van der Waals surface area contributed by atoms with E-state index in [0.29, 0.717) is 19.3 Å². The molecule has 1 heterocycles. The van der Waals surface area contributed by atoms with Crippen LogP contribution in [0.5, 0.6) is 0 Å². The lowest BCUT2D eigenvalue weighted by Crippen LogP contribution is -2.58. The summed E-state index contributed by atoms with van der Waals surface area (Å²) in [5.41, 5.74) is -0.818.